The lowest BCUT2D eigenvalue weighted by Crippen LogP contribution is -2.35. The van der Waals surface area contributed by atoms with Crippen LogP contribution in [0, 0.1) is 0 Å². The number of nitrogens with one attached hydrogen (secondary N) is 3. The fourth-order valence-corrected chi connectivity index (χ4v) is 5.39. The van der Waals surface area contributed by atoms with E-state index in [0.29, 0.717) is 28.7 Å². The van der Waals surface area contributed by atoms with Crippen LogP contribution in [0.4, 0.5) is 39.8 Å². The molecule has 0 spiro atoms. The molecule has 10 nitrogen and oxygen atoms in total. The zero-order valence-electron chi connectivity index (χ0n) is 24.7. The van der Waals surface area contributed by atoms with Crippen LogP contribution in [0.15, 0.2) is 71.7 Å². The zero-order valence-corrected chi connectivity index (χ0v) is 25.6. The molecule has 45 heavy (non-hydrogen) atoms. The predicted octanol–water partition coefficient (Wildman–Crippen LogP) is 6.97. The third kappa shape index (κ3) is 9.63. The minimum atomic E-state index is -4.80. The maximum absolute atomic E-state index is 12.8. The normalized spacial score (nSPS) is 14.7. The monoisotopic (exact) mass is 643 g/mol. The van der Waals surface area contributed by atoms with Crippen molar-refractivity contribution in [3.05, 3.63) is 77.9 Å². The van der Waals surface area contributed by atoms with Crippen LogP contribution < -0.4 is 30.3 Å². The van der Waals surface area contributed by atoms with Gasteiger partial charge in [0.25, 0.3) is 0 Å². The van der Waals surface area contributed by atoms with Gasteiger partial charge in [-0.2, -0.15) is 4.99 Å². The molecule has 1 fully saturated rings. The second-order valence-corrected chi connectivity index (χ2v) is 11.0. The van der Waals surface area contributed by atoms with E-state index < -0.39 is 24.2 Å². The Kier molecular flexibility index (Phi) is 10.9. The molecule has 1 atom stereocenters. The molecule has 3 N–H and O–H groups in total. The van der Waals surface area contributed by atoms with Gasteiger partial charge >= 0.3 is 18.4 Å². The molecule has 1 unspecified atom stereocenters. The number of alkyl halides is 3. The molecule has 1 aliphatic heterocycles. The fraction of sp³-hybridized carbons (Fsp3) is 0.290. The second kappa shape index (κ2) is 14.8. The number of carbonyl (C=O) groups is 3. The van der Waals surface area contributed by atoms with E-state index in [1.54, 1.807) is 37.4 Å². The maximum Gasteiger partial charge on any atom is 0.573 e. The van der Waals surface area contributed by atoms with Crippen molar-refractivity contribution in [3.8, 4) is 11.5 Å². The number of ether oxygens (including phenoxy) is 2. The van der Waals surface area contributed by atoms with Crippen LogP contribution in [0.1, 0.15) is 31.4 Å². The zero-order chi connectivity index (χ0) is 32.6. The third-order valence-electron chi connectivity index (χ3n) is 6.48. The van der Waals surface area contributed by atoms with E-state index in [-0.39, 0.29) is 23.4 Å². The number of halogens is 3. The summed E-state index contributed by atoms with van der Waals surface area (Å²) in [6, 6.07) is 15.8. The number of urea groups is 2. The average Bonchev–Trinajstić information content (AvgIpc) is 3.33. The molecule has 1 aliphatic rings. The first-order valence-corrected chi connectivity index (χ1v) is 15.0. The highest BCUT2D eigenvalue weighted by molar-refractivity contribution is 8.15. The Bertz CT molecular complexity index is 1550. The maximum atomic E-state index is 12.8. The van der Waals surface area contributed by atoms with Gasteiger partial charge in [-0.15, -0.1) is 13.2 Å². The van der Waals surface area contributed by atoms with E-state index in [9.17, 15) is 27.6 Å². The standard InChI is InChI=1S/C31H32F3N5O5S/c1-4-5-21-8-13-25(43-3)17-26(21)39-27(40)18-45-30(39)38-28(41)35-19(2)16-20-6-9-22(10-7-20)36-29(42)37-23-11-14-24(15-12-23)44-31(32,33)34/h6-15,17,19H,4-5,16,18H2,1-3H3,(H,35,41)(H2,36,37,42). The molecule has 3 aromatic carbocycles. The van der Waals surface area contributed by atoms with E-state index >= 15 is 0 Å². The fourth-order valence-electron chi connectivity index (χ4n) is 4.53. The number of aryl methyl sites for hydroxylation is 1. The first-order chi connectivity index (χ1) is 21.4. The number of amidine groups is 1. The van der Waals surface area contributed by atoms with Crippen molar-refractivity contribution in [1.82, 2.24) is 5.32 Å². The number of anilines is 3. The van der Waals surface area contributed by atoms with Gasteiger partial charge in [0.05, 0.1) is 18.6 Å². The molecular weight excluding hydrogens is 611 g/mol. The Morgan fingerprint density at radius 1 is 1.00 bits per heavy atom. The van der Waals surface area contributed by atoms with Gasteiger partial charge in [-0.05, 0) is 73.4 Å². The Hall–Kier alpha value is -4.72. The van der Waals surface area contributed by atoms with Crippen molar-refractivity contribution in [2.75, 3.05) is 28.4 Å². The van der Waals surface area contributed by atoms with E-state index in [1.807, 2.05) is 26.0 Å². The van der Waals surface area contributed by atoms with Gasteiger partial charge in [0.1, 0.15) is 11.5 Å². The number of hydrogen-bond acceptors (Lipinski definition) is 6. The van der Waals surface area contributed by atoms with E-state index in [1.165, 1.54) is 28.8 Å². The number of amides is 5. The van der Waals surface area contributed by atoms with Crippen molar-refractivity contribution in [3.63, 3.8) is 0 Å². The molecule has 0 aromatic heterocycles. The summed E-state index contributed by atoms with van der Waals surface area (Å²) in [5.41, 5.74) is 3.26. The van der Waals surface area contributed by atoms with Crippen LogP contribution in [0.3, 0.4) is 0 Å². The number of methoxy groups -OCH3 is 1. The highest BCUT2D eigenvalue weighted by atomic mass is 32.2. The summed E-state index contributed by atoms with van der Waals surface area (Å²) in [7, 11) is 1.55. The molecule has 0 saturated carbocycles. The highest BCUT2D eigenvalue weighted by Crippen LogP contribution is 2.33. The summed E-state index contributed by atoms with van der Waals surface area (Å²) in [5, 5.41) is 8.32. The molecule has 3 aromatic rings. The summed E-state index contributed by atoms with van der Waals surface area (Å²) < 4.78 is 46.1. The average molecular weight is 644 g/mol. The smallest absolute Gasteiger partial charge is 0.497 e. The van der Waals surface area contributed by atoms with Crippen LogP contribution >= 0.6 is 11.8 Å². The molecule has 1 saturated heterocycles. The first-order valence-electron chi connectivity index (χ1n) is 14.0. The summed E-state index contributed by atoms with van der Waals surface area (Å²) in [6.07, 6.45) is -2.70. The highest BCUT2D eigenvalue weighted by Gasteiger charge is 2.32. The van der Waals surface area contributed by atoms with Gasteiger partial charge in [-0.1, -0.05) is 43.3 Å². The van der Waals surface area contributed by atoms with Crippen LogP contribution in [0.25, 0.3) is 0 Å². The van der Waals surface area contributed by atoms with Crippen molar-refractivity contribution in [1.29, 1.82) is 0 Å². The number of carbonyl (C=O) groups excluding carboxylic acids is 3. The molecule has 4 rings (SSSR count). The first kappa shape index (κ1) is 33.2. The Morgan fingerprint density at radius 2 is 1.62 bits per heavy atom. The Morgan fingerprint density at radius 3 is 2.22 bits per heavy atom. The topological polar surface area (TPSA) is 121 Å². The second-order valence-electron chi connectivity index (χ2n) is 10.1. The van der Waals surface area contributed by atoms with Gasteiger partial charge in [-0.3, -0.25) is 9.69 Å². The molecule has 1 heterocycles. The number of hydrogen-bond donors (Lipinski definition) is 3. The van der Waals surface area contributed by atoms with Gasteiger partial charge in [0.2, 0.25) is 5.91 Å². The van der Waals surface area contributed by atoms with Gasteiger partial charge in [0.15, 0.2) is 5.17 Å². The summed E-state index contributed by atoms with van der Waals surface area (Å²) in [5.74, 6) is 0.208. The van der Waals surface area contributed by atoms with E-state index in [2.05, 4.69) is 25.7 Å². The summed E-state index contributed by atoms with van der Waals surface area (Å²) in [6.45, 7) is 3.88. The van der Waals surface area contributed by atoms with Crippen molar-refractivity contribution in [2.45, 2.75) is 45.5 Å². The van der Waals surface area contributed by atoms with Crippen LogP contribution in [-0.4, -0.2) is 48.4 Å². The molecule has 14 heteroatoms. The number of benzene rings is 3. The van der Waals surface area contributed by atoms with Gasteiger partial charge in [0, 0.05) is 23.5 Å². The Labute approximate surface area is 262 Å². The largest absolute Gasteiger partial charge is 0.573 e. The SMILES string of the molecule is CCCc1ccc(OC)cc1N1C(=O)CSC1=NC(=O)NC(C)Cc1ccc(NC(=O)Nc2ccc(OC(F)(F)F)cc2)cc1. The molecule has 238 valence electrons. The van der Waals surface area contributed by atoms with Crippen LogP contribution in [0.5, 0.6) is 11.5 Å². The van der Waals surface area contributed by atoms with E-state index in [0.717, 1.165) is 36.1 Å². The lowest BCUT2D eigenvalue weighted by Gasteiger charge is -2.21. The number of nitrogens with zero attached hydrogens (tertiary/aromatic N) is 2. The molecule has 0 aliphatic carbocycles. The van der Waals surface area contributed by atoms with Gasteiger partial charge in [-0.25, -0.2) is 9.59 Å². The van der Waals surface area contributed by atoms with Gasteiger partial charge < -0.3 is 25.4 Å². The van der Waals surface area contributed by atoms with Crippen LogP contribution in [0.2, 0.25) is 0 Å². The predicted molar refractivity (Wildman–Crippen MR) is 168 cm³/mol. The molecular formula is C31H32F3N5O5S. The molecule has 5 amide bonds. The van der Waals surface area contributed by atoms with Crippen molar-refractivity contribution in [2.24, 2.45) is 4.99 Å². The Balaban J connectivity index is 1.31. The minimum absolute atomic E-state index is 0.166. The number of aliphatic imine (C=N–C) groups is 1. The van der Waals surface area contributed by atoms with Crippen LogP contribution in [-0.2, 0) is 17.6 Å². The molecule has 0 radical (unpaired) electrons. The lowest BCUT2D eigenvalue weighted by atomic mass is 10.1. The number of rotatable bonds is 10. The minimum Gasteiger partial charge on any atom is -0.497 e. The quantitative estimate of drug-likeness (QED) is 0.220. The van der Waals surface area contributed by atoms with Crippen molar-refractivity contribution >= 4 is 52.0 Å². The lowest BCUT2D eigenvalue weighted by molar-refractivity contribution is -0.274. The summed E-state index contributed by atoms with van der Waals surface area (Å²) >= 11 is 1.20. The molecule has 0 bridgehead atoms. The summed E-state index contributed by atoms with van der Waals surface area (Å²) in [4.78, 5) is 43.6. The third-order valence-corrected chi connectivity index (χ3v) is 7.41. The van der Waals surface area contributed by atoms with E-state index in [4.69, 9.17) is 4.74 Å². The van der Waals surface area contributed by atoms with Crippen molar-refractivity contribution < 1.29 is 37.0 Å². The number of thioether (sulfide) groups is 1.